The zero-order valence-electron chi connectivity index (χ0n) is 12.5. The molecule has 0 aromatic carbocycles. The Morgan fingerprint density at radius 1 is 1.29 bits per heavy atom. The number of hydrogen-bond acceptors (Lipinski definition) is 6. The van der Waals surface area contributed by atoms with Crippen LogP contribution in [0, 0.1) is 11.7 Å². The summed E-state index contributed by atoms with van der Waals surface area (Å²) in [6.45, 7) is 1.13. The Labute approximate surface area is 145 Å². The van der Waals surface area contributed by atoms with Gasteiger partial charge in [0.25, 0.3) is 0 Å². The van der Waals surface area contributed by atoms with Crippen molar-refractivity contribution in [1.29, 1.82) is 0 Å². The predicted octanol–water partition coefficient (Wildman–Crippen LogP) is 2.65. The molecular formula is C14H12Cl2F2N4O2. The minimum absolute atomic E-state index is 0.0563. The van der Waals surface area contributed by atoms with Gasteiger partial charge in [0.2, 0.25) is 11.2 Å². The van der Waals surface area contributed by atoms with Gasteiger partial charge in [0.05, 0.1) is 26.4 Å². The van der Waals surface area contributed by atoms with E-state index in [4.69, 9.17) is 32.7 Å². The third kappa shape index (κ3) is 2.35. The molecule has 1 aliphatic carbocycles. The number of nitrogens with zero attached hydrogens (tertiary/aromatic N) is 4. The van der Waals surface area contributed by atoms with Crippen LogP contribution in [0.5, 0.6) is 5.88 Å². The predicted molar refractivity (Wildman–Crippen MR) is 84.2 cm³/mol. The highest BCUT2D eigenvalue weighted by atomic mass is 35.5. The van der Waals surface area contributed by atoms with Crippen molar-refractivity contribution in [2.24, 2.45) is 5.92 Å². The molecule has 0 unspecified atom stereocenters. The zero-order chi connectivity index (χ0) is 17.0. The fraction of sp³-hybridized carbons (Fsp3) is 0.500. The second-order valence-electron chi connectivity index (χ2n) is 5.63. The normalized spacial score (nSPS) is 26.2. The van der Waals surface area contributed by atoms with Crippen LogP contribution < -0.4 is 9.64 Å². The van der Waals surface area contributed by atoms with Crippen LogP contribution in [0.3, 0.4) is 0 Å². The van der Waals surface area contributed by atoms with Crippen LogP contribution in [0.25, 0.3) is 10.9 Å². The van der Waals surface area contributed by atoms with Crippen LogP contribution in [-0.2, 0) is 4.74 Å². The van der Waals surface area contributed by atoms with Crippen molar-refractivity contribution in [3.8, 4) is 5.88 Å². The Balaban J connectivity index is 1.96. The molecule has 2 aliphatic rings. The Morgan fingerprint density at radius 3 is 2.83 bits per heavy atom. The smallest absolute Gasteiger partial charge is 0.228 e. The van der Waals surface area contributed by atoms with E-state index in [0.29, 0.717) is 19.8 Å². The highest BCUT2D eigenvalue weighted by Gasteiger charge is 2.56. The highest BCUT2D eigenvalue weighted by Crippen LogP contribution is 2.45. The summed E-state index contributed by atoms with van der Waals surface area (Å²) in [6, 6.07) is -0.398. The largest absolute Gasteiger partial charge is 0.480 e. The van der Waals surface area contributed by atoms with Crippen molar-refractivity contribution in [3.63, 3.8) is 0 Å². The molecule has 0 N–H and O–H groups in total. The average Bonchev–Trinajstić information content (AvgIpc) is 3.25. The first-order chi connectivity index (χ1) is 11.5. The first kappa shape index (κ1) is 16.0. The number of rotatable bonds is 2. The fourth-order valence-corrected chi connectivity index (χ4v) is 3.44. The van der Waals surface area contributed by atoms with Gasteiger partial charge < -0.3 is 14.4 Å². The van der Waals surface area contributed by atoms with E-state index in [1.54, 1.807) is 4.90 Å². The number of fused-ring (bicyclic) bond motifs is 2. The summed E-state index contributed by atoms with van der Waals surface area (Å²) in [5.74, 6) is -0.743. The maximum Gasteiger partial charge on any atom is 0.228 e. The molecule has 3 heterocycles. The summed E-state index contributed by atoms with van der Waals surface area (Å²) in [7, 11) is 1.37. The summed E-state index contributed by atoms with van der Waals surface area (Å²) >= 11 is 11.7. The van der Waals surface area contributed by atoms with Crippen LogP contribution in [0.4, 0.5) is 14.6 Å². The quantitative estimate of drug-likeness (QED) is 0.593. The molecule has 128 valence electrons. The molecule has 0 bridgehead atoms. The molecule has 1 saturated carbocycles. The number of hydrogen-bond donors (Lipinski definition) is 0. The number of aromatic nitrogens is 3. The molecule has 2 aromatic heterocycles. The molecule has 0 spiro atoms. The molecule has 24 heavy (non-hydrogen) atoms. The van der Waals surface area contributed by atoms with Gasteiger partial charge in [-0.15, -0.1) is 0 Å². The van der Waals surface area contributed by atoms with E-state index in [0.717, 1.165) is 0 Å². The van der Waals surface area contributed by atoms with Crippen LogP contribution in [-0.4, -0.2) is 54.0 Å². The highest BCUT2D eigenvalue weighted by molar-refractivity contribution is 6.31. The van der Waals surface area contributed by atoms with E-state index < -0.39 is 18.0 Å². The van der Waals surface area contributed by atoms with Crippen molar-refractivity contribution >= 4 is 39.9 Å². The van der Waals surface area contributed by atoms with Gasteiger partial charge in [-0.25, -0.2) is 13.8 Å². The maximum atomic E-state index is 14.4. The molecule has 10 heteroatoms. The minimum Gasteiger partial charge on any atom is -0.480 e. The summed E-state index contributed by atoms with van der Waals surface area (Å²) < 4.78 is 39.1. The summed E-state index contributed by atoms with van der Waals surface area (Å²) in [6.07, 6.45) is -1.04. The SMILES string of the molecule is COc1nc(Cl)c(F)c2nc(Cl)nc(N3CCOC[C@H]4[C@H](F)[C@@H]43)c12. The van der Waals surface area contributed by atoms with Gasteiger partial charge >= 0.3 is 0 Å². The van der Waals surface area contributed by atoms with Crippen molar-refractivity contribution in [2.75, 3.05) is 31.8 Å². The average molecular weight is 377 g/mol. The second kappa shape index (κ2) is 5.79. The van der Waals surface area contributed by atoms with Gasteiger partial charge in [-0.05, 0) is 11.6 Å². The van der Waals surface area contributed by atoms with Crippen molar-refractivity contribution in [1.82, 2.24) is 15.0 Å². The summed E-state index contributed by atoms with van der Waals surface area (Å²) in [5.41, 5.74) is -0.111. The molecule has 1 saturated heterocycles. The number of ether oxygens (including phenoxy) is 2. The molecule has 0 radical (unpaired) electrons. The van der Waals surface area contributed by atoms with E-state index in [2.05, 4.69) is 15.0 Å². The van der Waals surface area contributed by atoms with Crippen molar-refractivity contribution in [2.45, 2.75) is 12.2 Å². The number of alkyl halides is 1. The Bertz CT molecular complexity index is 825. The lowest BCUT2D eigenvalue weighted by atomic mass is 10.2. The summed E-state index contributed by atoms with van der Waals surface area (Å²) in [4.78, 5) is 13.7. The molecule has 3 atom stereocenters. The van der Waals surface area contributed by atoms with Crippen LogP contribution in [0.1, 0.15) is 0 Å². The zero-order valence-corrected chi connectivity index (χ0v) is 14.0. The first-order valence-electron chi connectivity index (χ1n) is 7.27. The van der Waals surface area contributed by atoms with Crippen LogP contribution in [0.2, 0.25) is 10.4 Å². The second-order valence-corrected chi connectivity index (χ2v) is 6.33. The Kier molecular flexibility index (Phi) is 3.85. The minimum atomic E-state index is -1.04. The number of methoxy groups -OCH3 is 1. The van der Waals surface area contributed by atoms with Crippen LogP contribution in [0.15, 0.2) is 0 Å². The third-order valence-electron chi connectivity index (χ3n) is 4.31. The van der Waals surface area contributed by atoms with Crippen LogP contribution >= 0.6 is 23.2 Å². The standard InChI is InChI=1S/C14H12Cl2F2N4O2/c1-23-13-6-9(8(18)11(15)20-13)19-14(16)21-12(6)22-2-3-24-4-5-7(17)10(5)22/h5,7,10H,2-4H2,1H3/t5-,7-,10+/m0/s1. The fourth-order valence-electron chi connectivity index (χ4n) is 3.11. The topological polar surface area (TPSA) is 60.4 Å². The molecular weight excluding hydrogens is 365 g/mol. The lowest BCUT2D eigenvalue weighted by molar-refractivity contribution is 0.131. The van der Waals surface area contributed by atoms with E-state index >= 15 is 0 Å². The Morgan fingerprint density at radius 2 is 2.08 bits per heavy atom. The molecule has 2 fully saturated rings. The third-order valence-corrected chi connectivity index (χ3v) is 4.73. The van der Waals surface area contributed by atoms with Gasteiger partial charge in [-0.2, -0.15) is 9.97 Å². The van der Waals surface area contributed by atoms with E-state index in [-0.39, 0.29) is 39.0 Å². The van der Waals surface area contributed by atoms with Crippen molar-refractivity contribution in [3.05, 3.63) is 16.3 Å². The number of anilines is 1. The molecule has 2 aromatic rings. The first-order valence-corrected chi connectivity index (χ1v) is 8.03. The summed E-state index contributed by atoms with van der Waals surface area (Å²) in [5, 5.41) is -0.339. The number of halogens is 4. The van der Waals surface area contributed by atoms with Gasteiger partial charge in [0.15, 0.2) is 11.0 Å². The monoisotopic (exact) mass is 376 g/mol. The van der Waals surface area contributed by atoms with Gasteiger partial charge in [-0.3, -0.25) is 0 Å². The van der Waals surface area contributed by atoms with E-state index in [1.807, 2.05) is 0 Å². The Hall–Kier alpha value is -1.51. The lowest BCUT2D eigenvalue weighted by Gasteiger charge is -2.24. The maximum absolute atomic E-state index is 14.4. The lowest BCUT2D eigenvalue weighted by Crippen LogP contribution is -2.31. The van der Waals surface area contributed by atoms with Crippen molar-refractivity contribution < 1.29 is 18.3 Å². The molecule has 6 nitrogen and oxygen atoms in total. The molecule has 4 rings (SSSR count). The molecule has 0 amide bonds. The van der Waals surface area contributed by atoms with Gasteiger partial charge in [-0.1, -0.05) is 11.6 Å². The van der Waals surface area contributed by atoms with E-state index in [9.17, 15) is 8.78 Å². The number of pyridine rings is 1. The van der Waals surface area contributed by atoms with Gasteiger partial charge in [0.1, 0.15) is 22.9 Å². The molecule has 1 aliphatic heterocycles. The van der Waals surface area contributed by atoms with E-state index in [1.165, 1.54) is 7.11 Å². The van der Waals surface area contributed by atoms with Gasteiger partial charge in [0, 0.05) is 12.5 Å².